The van der Waals surface area contributed by atoms with Gasteiger partial charge in [0, 0.05) is 11.5 Å². The van der Waals surface area contributed by atoms with Crippen LogP contribution in [-0.2, 0) is 5.41 Å². The minimum Gasteiger partial charge on any atom is -0.478 e. The van der Waals surface area contributed by atoms with E-state index in [4.69, 9.17) is 5.11 Å². The van der Waals surface area contributed by atoms with Gasteiger partial charge in [0.15, 0.2) is 0 Å². The van der Waals surface area contributed by atoms with Gasteiger partial charge >= 0.3 is 5.97 Å². The van der Waals surface area contributed by atoms with Crippen LogP contribution in [0.5, 0.6) is 0 Å². The Balaban J connectivity index is 1.63. The van der Waals surface area contributed by atoms with Crippen LogP contribution in [0.1, 0.15) is 69.9 Å². The van der Waals surface area contributed by atoms with Crippen molar-refractivity contribution in [2.24, 2.45) is 5.16 Å². The van der Waals surface area contributed by atoms with Crippen LogP contribution in [0, 0.1) is 6.92 Å². The van der Waals surface area contributed by atoms with E-state index in [0.29, 0.717) is 11.6 Å². The number of benzene rings is 3. The van der Waals surface area contributed by atoms with E-state index in [2.05, 4.69) is 62.3 Å². The molecule has 3 aromatic rings. The Morgan fingerprint density at radius 1 is 1.00 bits per heavy atom. The number of carbonyl (C=O) groups is 1. The summed E-state index contributed by atoms with van der Waals surface area (Å²) in [4.78, 5) is 11.0. The lowest BCUT2D eigenvalue weighted by Crippen LogP contribution is -2.13. The number of hydrogen-bond acceptors (Lipinski definition) is 3. The van der Waals surface area contributed by atoms with Crippen molar-refractivity contribution in [3.05, 3.63) is 112 Å². The number of carboxylic acids is 1. The van der Waals surface area contributed by atoms with Gasteiger partial charge < -0.3 is 10.3 Å². The van der Waals surface area contributed by atoms with Crippen LogP contribution in [0.4, 0.5) is 0 Å². The van der Waals surface area contributed by atoms with Gasteiger partial charge in [-0.1, -0.05) is 79.2 Å². The number of carboxylic acid groups (broad SMARTS) is 1. The van der Waals surface area contributed by atoms with Gasteiger partial charge in [-0.25, -0.2) is 4.79 Å². The minimum atomic E-state index is -0.956. The highest BCUT2D eigenvalue weighted by Gasteiger charge is 2.37. The molecular weight excluding hydrogens is 398 g/mol. The van der Waals surface area contributed by atoms with E-state index in [0.717, 1.165) is 17.5 Å². The molecule has 0 saturated heterocycles. The van der Waals surface area contributed by atoms with Crippen molar-refractivity contribution < 1.29 is 15.1 Å². The topological polar surface area (TPSA) is 69.9 Å². The number of oxime groups is 1. The second-order valence-electron chi connectivity index (χ2n) is 9.10. The second-order valence-corrected chi connectivity index (χ2v) is 9.10. The summed E-state index contributed by atoms with van der Waals surface area (Å²) >= 11 is 0. The average Bonchev–Trinajstić information content (AvgIpc) is 3.05. The van der Waals surface area contributed by atoms with Gasteiger partial charge in [-0.05, 0) is 65.3 Å². The summed E-state index contributed by atoms with van der Waals surface area (Å²) in [7, 11) is 0. The van der Waals surface area contributed by atoms with Crippen molar-refractivity contribution in [2.45, 2.75) is 38.5 Å². The molecule has 0 bridgehead atoms. The third-order valence-corrected chi connectivity index (χ3v) is 6.35. The fourth-order valence-corrected chi connectivity index (χ4v) is 4.53. The monoisotopic (exact) mass is 425 g/mol. The predicted molar refractivity (Wildman–Crippen MR) is 128 cm³/mol. The SMILES string of the molecule is Cc1ccc(C2CC(C)(C)c3cc(C(/C=C/c4ccc(C(=O)O)cc4)=N/O)ccc32)cc1. The van der Waals surface area contributed by atoms with Gasteiger partial charge in [0.2, 0.25) is 0 Å². The maximum Gasteiger partial charge on any atom is 0.335 e. The molecule has 3 aromatic carbocycles. The summed E-state index contributed by atoms with van der Waals surface area (Å²) in [5, 5.41) is 22.2. The third kappa shape index (κ3) is 4.22. The molecule has 1 aliphatic carbocycles. The number of hydrogen-bond donors (Lipinski definition) is 2. The van der Waals surface area contributed by atoms with Crippen molar-refractivity contribution in [1.82, 2.24) is 0 Å². The maximum absolute atomic E-state index is 11.0. The summed E-state index contributed by atoms with van der Waals surface area (Å²) in [5.41, 5.74) is 7.59. The predicted octanol–water partition coefficient (Wildman–Crippen LogP) is 6.40. The Hall–Kier alpha value is -3.66. The molecule has 0 fully saturated rings. The second kappa shape index (κ2) is 8.46. The van der Waals surface area contributed by atoms with E-state index >= 15 is 0 Å². The van der Waals surface area contributed by atoms with Crippen molar-refractivity contribution in [1.29, 1.82) is 0 Å². The molecule has 1 unspecified atom stereocenters. The average molecular weight is 426 g/mol. The quantitative estimate of drug-likeness (QED) is 0.282. The van der Waals surface area contributed by atoms with Crippen molar-refractivity contribution in [2.75, 3.05) is 0 Å². The zero-order chi connectivity index (χ0) is 22.9. The normalized spacial score (nSPS) is 17.5. The number of aryl methyl sites for hydroxylation is 1. The van der Waals surface area contributed by atoms with Crippen LogP contribution in [0.2, 0.25) is 0 Å². The third-order valence-electron chi connectivity index (χ3n) is 6.35. The van der Waals surface area contributed by atoms with E-state index < -0.39 is 5.97 Å². The van der Waals surface area contributed by atoms with E-state index in [9.17, 15) is 10.0 Å². The number of nitrogens with zero attached hydrogens (tertiary/aromatic N) is 1. The molecular formula is C28H27NO3. The largest absolute Gasteiger partial charge is 0.478 e. The van der Waals surface area contributed by atoms with Crippen molar-refractivity contribution in [3.63, 3.8) is 0 Å². The number of fused-ring (bicyclic) bond motifs is 1. The maximum atomic E-state index is 11.0. The highest BCUT2D eigenvalue weighted by Crippen LogP contribution is 2.49. The first-order chi connectivity index (χ1) is 15.3. The van der Waals surface area contributed by atoms with E-state index in [-0.39, 0.29) is 11.0 Å². The molecule has 162 valence electrons. The van der Waals surface area contributed by atoms with E-state index in [1.165, 1.54) is 22.3 Å². The van der Waals surface area contributed by atoms with Crippen LogP contribution >= 0.6 is 0 Å². The summed E-state index contributed by atoms with van der Waals surface area (Å²) in [6.45, 7) is 6.63. The molecule has 0 heterocycles. The standard InChI is InChI=1S/C28H27NO3/c1-18-4-9-20(10-5-18)24-17-28(2,3)25-16-22(13-14-23(24)25)26(29-32)15-8-19-6-11-21(12-7-19)27(30)31/h4-16,24,32H,17H2,1-3H3,(H,30,31)/b15-8+,29-26+. The van der Waals surface area contributed by atoms with Crippen molar-refractivity contribution in [3.8, 4) is 0 Å². The van der Waals surface area contributed by atoms with Crippen LogP contribution in [0.15, 0.2) is 78.0 Å². The van der Waals surface area contributed by atoms with Crippen molar-refractivity contribution >= 4 is 17.8 Å². The van der Waals surface area contributed by atoms with Gasteiger partial charge in [-0.2, -0.15) is 0 Å². The molecule has 0 aliphatic heterocycles. The summed E-state index contributed by atoms with van der Waals surface area (Å²) < 4.78 is 0. The number of rotatable bonds is 5. The first-order valence-corrected chi connectivity index (χ1v) is 10.7. The smallest absolute Gasteiger partial charge is 0.335 e. The molecule has 0 radical (unpaired) electrons. The Bertz CT molecular complexity index is 1200. The summed E-state index contributed by atoms with van der Waals surface area (Å²) in [6, 6.07) is 21.6. The van der Waals surface area contributed by atoms with Gasteiger partial charge in [0.25, 0.3) is 0 Å². The Kier molecular flexibility index (Phi) is 5.70. The summed E-state index contributed by atoms with van der Waals surface area (Å²) in [6.07, 6.45) is 4.59. The first kappa shape index (κ1) is 21.6. The van der Waals surface area contributed by atoms with E-state index in [1.54, 1.807) is 30.3 Å². The zero-order valence-electron chi connectivity index (χ0n) is 18.5. The molecule has 32 heavy (non-hydrogen) atoms. The van der Waals surface area contributed by atoms with Crippen LogP contribution in [0.3, 0.4) is 0 Å². The fourth-order valence-electron chi connectivity index (χ4n) is 4.53. The van der Waals surface area contributed by atoms with Gasteiger partial charge in [0.05, 0.1) is 5.56 Å². The minimum absolute atomic E-state index is 0.0117. The molecule has 1 atom stereocenters. The first-order valence-electron chi connectivity index (χ1n) is 10.7. The van der Waals surface area contributed by atoms with Gasteiger partial charge in [-0.3, -0.25) is 0 Å². The van der Waals surface area contributed by atoms with Crippen LogP contribution in [-0.4, -0.2) is 22.0 Å². The molecule has 1 aliphatic rings. The lowest BCUT2D eigenvalue weighted by Gasteiger charge is -2.20. The lowest BCUT2D eigenvalue weighted by atomic mass is 9.84. The Labute approximate surface area is 188 Å². The molecule has 0 aromatic heterocycles. The molecule has 0 spiro atoms. The molecule has 4 rings (SSSR count). The Morgan fingerprint density at radius 2 is 1.66 bits per heavy atom. The highest BCUT2D eigenvalue weighted by atomic mass is 16.4. The molecule has 4 heteroatoms. The zero-order valence-corrected chi connectivity index (χ0v) is 18.5. The molecule has 2 N–H and O–H groups in total. The van der Waals surface area contributed by atoms with Gasteiger partial charge in [0.1, 0.15) is 5.71 Å². The molecule has 0 saturated carbocycles. The number of aromatic carboxylic acids is 1. The Morgan fingerprint density at radius 3 is 2.28 bits per heavy atom. The van der Waals surface area contributed by atoms with Gasteiger partial charge in [-0.15, -0.1) is 0 Å². The van der Waals surface area contributed by atoms with E-state index in [1.807, 2.05) is 12.1 Å². The summed E-state index contributed by atoms with van der Waals surface area (Å²) in [5.74, 6) is -0.602. The van der Waals surface area contributed by atoms with Crippen LogP contribution < -0.4 is 0 Å². The number of allylic oxidation sites excluding steroid dienone is 1. The fraction of sp³-hybridized carbons (Fsp3) is 0.214. The van der Waals surface area contributed by atoms with Crippen LogP contribution in [0.25, 0.3) is 6.08 Å². The highest BCUT2D eigenvalue weighted by molar-refractivity contribution is 6.10. The molecule has 0 amide bonds. The lowest BCUT2D eigenvalue weighted by molar-refractivity contribution is 0.0697. The molecule has 4 nitrogen and oxygen atoms in total.